The molecule has 0 amide bonds. The molecule has 1 aromatic heterocycles. The van der Waals surface area contributed by atoms with E-state index in [0.717, 1.165) is 31.1 Å². The molecule has 1 aliphatic heterocycles. The van der Waals surface area contributed by atoms with Crippen molar-refractivity contribution in [3.05, 3.63) is 23.8 Å². The van der Waals surface area contributed by atoms with E-state index in [4.69, 9.17) is 10.7 Å². The van der Waals surface area contributed by atoms with Gasteiger partial charge >= 0.3 is 0 Å². The first-order chi connectivity index (χ1) is 9.29. The quantitative estimate of drug-likeness (QED) is 0.919. The molecule has 0 atom stereocenters. The van der Waals surface area contributed by atoms with Gasteiger partial charge in [-0.25, -0.2) is 4.98 Å². The highest BCUT2D eigenvalue weighted by molar-refractivity contribution is 5.79. The van der Waals surface area contributed by atoms with Crippen LogP contribution in [0.1, 0.15) is 24.8 Å². The van der Waals surface area contributed by atoms with Crippen LogP contribution in [0.3, 0.4) is 0 Å². The molecule has 0 spiro atoms. The normalized spacial score (nSPS) is 16.2. The molecule has 3 rings (SSSR count). The summed E-state index contributed by atoms with van der Waals surface area (Å²) in [6, 6.07) is 6.48. The smallest absolute Gasteiger partial charge is 0.206 e. The van der Waals surface area contributed by atoms with Gasteiger partial charge in [0, 0.05) is 26.2 Å². The summed E-state index contributed by atoms with van der Waals surface area (Å²) in [6.45, 7) is 5.84. The van der Waals surface area contributed by atoms with Gasteiger partial charge in [0.05, 0.1) is 11.0 Å². The minimum atomic E-state index is 0.653. The van der Waals surface area contributed by atoms with Crippen molar-refractivity contribution in [3.63, 3.8) is 0 Å². The number of imidazole rings is 1. The molecule has 19 heavy (non-hydrogen) atoms. The molecule has 1 fully saturated rings. The zero-order valence-corrected chi connectivity index (χ0v) is 11.6. The summed E-state index contributed by atoms with van der Waals surface area (Å²) in [5, 5.41) is 0. The van der Waals surface area contributed by atoms with E-state index >= 15 is 0 Å². The Bertz CT molecular complexity index is 567. The van der Waals surface area contributed by atoms with Crippen LogP contribution in [0.25, 0.3) is 11.0 Å². The molecular weight excluding hydrogens is 236 g/mol. The number of nitrogens with two attached hydrogens (primary N) is 1. The van der Waals surface area contributed by atoms with E-state index in [2.05, 4.69) is 34.6 Å². The first-order valence-corrected chi connectivity index (χ1v) is 7.21. The Morgan fingerprint density at radius 1 is 1.21 bits per heavy atom. The lowest BCUT2D eigenvalue weighted by atomic mass is 10.1. The third-order valence-corrected chi connectivity index (χ3v) is 3.88. The SMILES string of the molecule is Cc1ccc2c(c1)nc(N1CCCCC1)n2CCN. The Hall–Kier alpha value is -1.55. The Morgan fingerprint density at radius 2 is 2.00 bits per heavy atom. The highest BCUT2D eigenvalue weighted by Gasteiger charge is 2.18. The third-order valence-electron chi connectivity index (χ3n) is 3.88. The van der Waals surface area contributed by atoms with Gasteiger partial charge in [-0.3, -0.25) is 0 Å². The van der Waals surface area contributed by atoms with Crippen LogP contribution in [-0.2, 0) is 6.54 Å². The van der Waals surface area contributed by atoms with Crippen LogP contribution < -0.4 is 10.6 Å². The summed E-state index contributed by atoms with van der Waals surface area (Å²) in [7, 11) is 0. The van der Waals surface area contributed by atoms with Gasteiger partial charge in [-0.15, -0.1) is 0 Å². The number of benzene rings is 1. The van der Waals surface area contributed by atoms with Crippen LogP contribution in [-0.4, -0.2) is 29.2 Å². The van der Waals surface area contributed by atoms with E-state index in [-0.39, 0.29) is 0 Å². The molecule has 0 aliphatic carbocycles. The number of hydrogen-bond donors (Lipinski definition) is 1. The summed E-state index contributed by atoms with van der Waals surface area (Å²) in [4.78, 5) is 7.26. The largest absolute Gasteiger partial charge is 0.342 e. The second-order valence-corrected chi connectivity index (χ2v) is 5.39. The number of hydrogen-bond acceptors (Lipinski definition) is 3. The van der Waals surface area contributed by atoms with Gasteiger partial charge < -0.3 is 15.2 Å². The standard InChI is InChI=1S/C15H22N4/c1-12-5-6-14-13(11-12)17-15(19(14)10-7-16)18-8-3-2-4-9-18/h5-6,11H,2-4,7-10,16H2,1H3. The van der Waals surface area contributed by atoms with Gasteiger partial charge in [-0.1, -0.05) is 6.07 Å². The zero-order valence-electron chi connectivity index (χ0n) is 11.6. The Morgan fingerprint density at radius 3 is 2.74 bits per heavy atom. The van der Waals surface area contributed by atoms with Crippen molar-refractivity contribution < 1.29 is 0 Å². The number of aryl methyl sites for hydroxylation is 1. The minimum Gasteiger partial charge on any atom is -0.342 e. The maximum atomic E-state index is 5.77. The fourth-order valence-corrected chi connectivity index (χ4v) is 2.91. The average Bonchev–Trinajstić information content (AvgIpc) is 2.78. The number of aromatic nitrogens is 2. The first kappa shape index (κ1) is 12.5. The molecule has 102 valence electrons. The van der Waals surface area contributed by atoms with Gasteiger partial charge in [-0.05, 0) is 43.9 Å². The van der Waals surface area contributed by atoms with Crippen molar-refractivity contribution in [1.29, 1.82) is 0 Å². The second-order valence-electron chi connectivity index (χ2n) is 5.39. The van der Waals surface area contributed by atoms with E-state index in [9.17, 15) is 0 Å². The third kappa shape index (κ3) is 2.32. The topological polar surface area (TPSA) is 47.1 Å². The van der Waals surface area contributed by atoms with Crippen LogP contribution in [0.2, 0.25) is 0 Å². The van der Waals surface area contributed by atoms with Gasteiger partial charge in [0.15, 0.2) is 0 Å². The minimum absolute atomic E-state index is 0.653. The van der Waals surface area contributed by atoms with Gasteiger partial charge in [-0.2, -0.15) is 0 Å². The monoisotopic (exact) mass is 258 g/mol. The second kappa shape index (κ2) is 5.21. The lowest BCUT2D eigenvalue weighted by Gasteiger charge is -2.28. The number of rotatable bonds is 3. The van der Waals surface area contributed by atoms with E-state index in [1.54, 1.807) is 0 Å². The maximum absolute atomic E-state index is 5.77. The van der Waals surface area contributed by atoms with Crippen molar-refractivity contribution in [2.45, 2.75) is 32.7 Å². The first-order valence-electron chi connectivity index (χ1n) is 7.21. The molecule has 0 radical (unpaired) electrons. The van der Waals surface area contributed by atoms with Gasteiger partial charge in [0.1, 0.15) is 0 Å². The fraction of sp³-hybridized carbons (Fsp3) is 0.533. The molecule has 1 saturated heterocycles. The molecular formula is C15H22N4. The molecule has 1 aliphatic rings. The number of piperidine rings is 1. The Labute approximate surface area is 114 Å². The van der Waals surface area contributed by atoms with Crippen molar-refractivity contribution in [2.24, 2.45) is 5.73 Å². The van der Waals surface area contributed by atoms with Crippen LogP contribution in [0.15, 0.2) is 18.2 Å². The highest BCUT2D eigenvalue weighted by atomic mass is 15.3. The summed E-state index contributed by atoms with van der Waals surface area (Å²) in [5.41, 5.74) is 9.33. The van der Waals surface area contributed by atoms with E-state index in [1.807, 2.05) is 0 Å². The summed E-state index contributed by atoms with van der Waals surface area (Å²) in [5.74, 6) is 1.10. The zero-order chi connectivity index (χ0) is 13.2. The molecule has 0 saturated carbocycles. The molecule has 1 aromatic carbocycles. The Kier molecular flexibility index (Phi) is 3.42. The van der Waals surface area contributed by atoms with Crippen molar-refractivity contribution >= 4 is 17.0 Å². The van der Waals surface area contributed by atoms with Gasteiger partial charge in [0.2, 0.25) is 5.95 Å². The fourth-order valence-electron chi connectivity index (χ4n) is 2.91. The van der Waals surface area contributed by atoms with E-state index in [0.29, 0.717) is 6.54 Å². The predicted molar refractivity (Wildman–Crippen MR) is 79.6 cm³/mol. The van der Waals surface area contributed by atoms with Crippen molar-refractivity contribution in [2.75, 3.05) is 24.5 Å². The predicted octanol–water partition coefficient (Wildman–Crippen LogP) is 2.29. The van der Waals surface area contributed by atoms with Crippen LogP contribution in [0.5, 0.6) is 0 Å². The average molecular weight is 258 g/mol. The van der Waals surface area contributed by atoms with Crippen LogP contribution in [0, 0.1) is 6.92 Å². The molecule has 0 bridgehead atoms. The van der Waals surface area contributed by atoms with E-state index < -0.39 is 0 Å². The Balaban J connectivity index is 2.08. The highest BCUT2D eigenvalue weighted by Crippen LogP contribution is 2.25. The van der Waals surface area contributed by atoms with Crippen molar-refractivity contribution in [1.82, 2.24) is 9.55 Å². The van der Waals surface area contributed by atoms with Crippen molar-refractivity contribution in [3.8, 4) is 0 Å². The lowest BCUT2D eigenvalue weighted by Crippen LogP contribution is -2.32. The summed E-state index contributed by atoms with van der Waals surface area (Å²) >= 11 is 0. The lowest BCUT2D eigenvalue weighted by molar-refractivity contribution is 0.556. The maximum Gasteiger partial charge on any atom is 0.206 e. The number of anilines is 1. The van der Waals surface area contributed by atoms with Gasteiger partial charge in [0.25, 0.3) is 0 Å². The van der Waals surface area contributed by atoms with E-state index in [1.165, 1.54) is 30.3 Å². The molecule has 2 aromatic rings. The summed E-state index contributed by atoms with van der Waals surface area (Å²) < 4.78 is 2.28. The molecule has 4 nitrogen and oxygen atoms in total. The molecule has 0 unspecified atom stereocenters. The number of nitrogens with zero attached hydrogens (tertiary/aromatic N) is 3. The van der Waals surface area contributed by atoms with Crippen LogP contribution >= 0.6 is 0 Å². The summed E-state index contributed by atoms with van der Waals surface area (Å²) in [6.07, 6.45) is 3.88. The van der Waals surface area contributed by atoms with Crippen LogP contribution in [0.4, 0.5) is 5.95 Å². The molecule has 2 N–H and O–H groups in total. The number of fused-ring (bicyclic) bond motifs is 1. The molecule has 4 heteroatoms. The molecule has 2 heterocycles.